The molecule has 6 heteroatoms. The Morgan fingerprint density at radius 1 is 1.42 bits per heavy atom. The molecule has 3 rings (SSSR count). The highest BCUT2D eigenvalue weighted by Crippen LogP contribution is 2.32. The molecular formula is C13H11N3O3. The summed E-state index contributed by atoms with van der Waals surface area (Å²) in [5.74, 6) is -0.861. The zero-order valence-electron chi connectivity index (χ0n) is 10.1. The van der Waals surface area contributed by atoms with E-state index in [9.17, 15) is 15.0 Å². The third kappa shape index (κ3) is 1.65. The number of aromatic hydroxyl groups is 1. The number of phenolic OH excluding ortho intramolecular Hbond substituents is 1. The molecule has 0 aliphatic heterocycles. The minimum atomic E-state index is -1.02. The number of hydrogen-bond donors (Lipinski definition) is 3. The Kier molecular flexibility index (Phi) is 2.31. The van der Waals surface area contributed by atoms with Gasteiger partial charge in [-0.05, 0) is 12.1 Å². The van der Waals surface area contributed by atoms with Gasteiger partial charge in [-0.2, -0.15) is 5.10 Å². The third-order valence-electron chi connectivity index (χ3n) is 3.09. The zero-order chi connectivity index (χ0) is 13.6. The molecule has 0 aliphatic carbocycles. The maximum Gasteiger partial charge on any atom is 0.339 e. The van der Waals surface area contributed by atoms with E-state index in [1.54, 1.807) is 31.4 Å². The van der Waals surface area contributed by atoms with Crippen LogP contribution < -0.4 is 0 Å². The Balaban J connectivity index is 2.31. The molecule has 0 atom stereocenters. The molecule has 0 radical (unpaired) electrons. The van der Waals surface area contributed by atoms with Crippen molar-refractivity contribution in [3.63, 3.8) is 0 Å². The van der Waals surface area contributed by atoms with Gasteiger partial charge in [0.2, 0.25) is 0 Å². The topological polar surface area (TPSA) is 91.1 Å². The van der Waals surface area contributed by atoms with Crippen molar-refractivity contribution in [1.82, 2.24) is 14.8 Å². The highest BCUT2D eigenvalue weighted by atomic mass is 16.4. The quantitative estimate of drug-likeness (QED) is 0.654. The molecule has 3 N–H and O–H groups in total. The number of carboxylic acid groups (broad SMARTS) is 1. The van der Waals surface area contributed by atoms with Gasteiger partial charge in [-0.1, -0.05) is 0 Å². The number of carboxylic acids is 1. The van der Waals surface area contributed by atoms with E-state index in [0.29, 0.717) is 5.69 Å². The van der Waals surface area contributed by atoms with E-state index < -0.39 is 5.97 Å². The van der Waals surface area contributed by atoms with Crippen LogP contribution >= 0.6 is 0 Å². The van der Waals surface area contributed by atoms with Gasteiger partial charge in [0.15, 0.2) is 0 Å². The Hall–Kier alpha value is -2.76. The first-order valence-electron chi connectivity index (χ1n) is 5.63. The van der Waals surface area contributed by atoms with E-state index in [4.69, 9.17) is 0 Å². The maximum atomic E-state index is 11.2. The number of rotatable bonds is 2. The van der Waals surface area contributed by atoms with Crippen molar-refractivity contribution in [2.24, 2.45) is 7.05 Å². The number of H-pyrrole nitrogens is 1. The minimum absolute atomic E-state index is 0.150. The van der Waals surface area contributed by atoms with Crippen molar-refractivity contribution in [1.29, 1.82) is 0 Å². The van der Waals surface area contributed by atoms with E-state index in [0.717, 1.165) is 16.5 Å². The summed E-state index contributed by atoms with van der Waals surface area (Å²) in [4.78, 5) is 14.2. The first-order chi connectivity index (χ1) is 9.08. The molecule has 3 aromatic rings. The Morgan fingerprint density at radius 2 is 2.21 bits per heavy atom. The number of carbonyl (C=O) groups is 1. The lowest BCUT2D eigenvalue weighted by molar-refractivity contribution is 0.0697. The summed E-state index contributed by atoms with van der Waals surface area (Å²) < 4.78 is 1.53. The van der Waals surface area contributed by atoms with E-state index in [2.05, 4.69) is 10.1 Å². The van der Waals surface area contributed by atoms with E-state index in [1.165, 1.54) is 10.9 Å². The molecule has 6 nitrogen and oxygen atoms in total. The van der Waals surface area contributed by atoms with E-state index in [1.807, 2.05) is 0 Å². The van der Waals surface area contributed by atoms with Crippen LogP contribution in [0.5, 0.6) is 5.75 Å². The predicted octanol–water partition coefficient (Wildman–Crippen LogP) is 1.97. The molecule has 2 heterocycles. The number of aryl methyl sites for hydroxylation is 1. The molecule has 0 unspecified atom stereocenters. The summed E-state index contributed by atoms with van der Waals surface area (Å²) in [6.45, 7) is 0. The SMILES string of the molecule is Cn1ncc(C(=O)O)c1-c1c[nH]c2cc(O)ccc12. The molecule has 0 saturated carbocycles. The van der Waals surface area contributed by atoms with Crippen molar-refractivity contribution in [2.75, 3.05) is 0 Å². The average molecular weight is 257 g/mol. The van der Waals surface area contributed by atoms with Crippen LogP contribution in [-0.2, 0) is 7.05 Å². The van der Waals surface area contributed by atoms with Crippen LogP contribution in [-0.4, -0.2) is 30.9 Å². The van der Waals surface area contributed by atoms with Crippen LogP contribution in [0.15, 0.2) is 30.6 Å². The van der Waals surface area contributed by atoms with Gasteiger partial charge in [0.1, 0.15) is 11.3 Å². The standard InChI is InChI=1S/C13H11N3O3/c1-16-12(10(6-15-16)13(18)19)9-5-14-11-4-7(17)2-3-8(9)11/h2-6,14,17H,1H3,(H,18,19). The Morgan fingerprint density at radius 3 is 2.95 bits per heavy atom. The van der Waals surface area contributed by atoms with Gasteiger partial charge in [-0.25, -0.2) is 4.79 Å². The number of fused-ring (bicyclic) bond motifs is 1. The predicted molar refractivity (Wildman–Crippen MR) is 69.1 cm³/mol. The normalized spacial score (nSPS) is 11.0. The Bertz CT molecular complexity index is 786. The fourth-order valence-electron chi connectivity index (χ4n) is 2.22. The molecule has 0 bridgehead atoms. The lowest BCUT2D eigenvalue weighted by Crippen LogP contribution is -2.00. The highest BCUT2D eigenvalue weighted by Gasteiger charge is 2.19. The third-order valence-corrected chi connectivity index (χ3v) is 3.09. The van der Waals surface area contributed by atoms with Crippen molar-refractivity contribution in [3.8, 4) is 17.0 Å². The van der Waals surface area contributed by atoms with E-state index >= 15 is 0 Å². The van der Waals surface area contributed by atoms with Crippen LogP contribution in [0, 0.1) is 0 Å². The summed E-state index contributed by atoms with van der Waals surface area (Å²) in [7, 11) is 1.70. The number of phenols is 1. The number of nitrogens with zero attached hydrogens (tertiary/aromatic N) is 2. The fourth-order valence-corrected chi connectivity index (χ4v) is 2.22. The molecule has 2 aromatic heterocycles. The van der Waals surface area contributed by atoms with Crippen LogP contribution in [0.1, 0.15) is 10.4 Å². The molecular weight excluding hydrogens is 246 g/mol. The molecule has 0 fully saturated rings. The van der Waals surface area contributed by atoms with Crippen molar-refractivity contribution >= 4 is 16.9 Å². The van der Waals surface area contributed by atoms with Crippen LogP contribution in [0.25, 0.3) is 22.2 Å². The molecule has 0 spiro atoms. The molecule has 19 heavy (non-hydrogen) atoms. The summed E-state index contributed by atoms with van der Waals surface area (Å²) >= 11 is 0. The number of benzene rings is 1. The Labute approximate surface area is 107 Å². The van der Waals surface area contributed by atoms with Crippen molar-refractivity contribution in [3.05, 3.63) is 36.2 Å². The maximum absolute atomic E-state index is 11.2. The molecule has 1 aromatic carbocycles. The van der Waals surface area contributed by atoms with Gasteiger partial charge in [-0.3, -0.25) is 4.68 Å². The van der Waals surface area contributed by atoms with Gasteiger partial charge in [0.25, 0.3) is 0 Å². The fraction of sp³-hybridized carbons (Fsp3) is 0.0769. The molecule has 96 valence electrons. The van der Waals surface area contributed by atoms with Crippen molar-refractivity contribution < 1.29 is 15.0 Å². The first kappa shape index (κ1) is 11.3. The first-order valence-corrected chi connectivity index (χ1v) is 5.63. The highest BCUT2D eigenvalue weighted by molar-refractivity contribution is 6.02. The molecule has 0 aliphatic rings. The van der Waals surface area contributed by atoms with Gasteiger partial charge in [0, 0.05) is 35.8 Å². The number of hydrogen-bond acceptors (Lipinski definition) is 3. The summed E-state index contributed by atoms with van der Waals surface area (Å²) in [6, 6.07) is 4.90. The summed E-state index contributed by atoms with van der Waals surface area (Å²) in [5, 5.41) is 23.5. The second-order valence-corrected chi connectivity index (χ2v) is 4.27. The summed E-state index contributed by atoms with van der Waals surface area (Å²) in [6.07, 6.45) is 3.05. The van der Waals surface area contributed by atoms with E-state index in [-0.39, 0.29) is 11.3 Å². The monoisotopic (exact) mass is 257 g/mol. The average Bonchev–Trinajstić information content (AvgIpc) is 2.91. The van der Waals surface area contributed by atoms with Crippen molar-refractivity contribution in [2.45, 2.75) is 0 Å². The molecule has 0 saturated heterocycles. The zero-order valence-corrected chi connectivity index (χ0v) is 10.1. The minimum Gasteiger partial charge on any atom is -0.508 e. The van der Waals surface area contributed by atoms with Gasteiger partial charge in [-0.15, -0.1) is 0 Å². The van der Waals surface area contributed by atoms with Gasteiger partial charge in [0.05, 0.1) is 11.9 Å². The second kappa shape index (κ2) is 3.88. The van der Waals surface area contributed by atoms with Crippen LogP contribution in [0.3, 0.4) is 0 Å². The largest absolute Gasteiger partial charge is 0.508 e. The van der Waals surface area contributed by atoms with Gasteiger partial charge >= 0.3 is 5.97 Å². The second-order valence-electron chi connectivity index (χ2n) is 4.27. The number of aromatic carboxylic acids is 1. The lowest BCUT2D eigenvalue weighted by Gasteiger charge is -2.02. The summed E-state index contributed by atoms with van der Waals surface area (Å²) in [5.41, 5.74) is 2.17. The number of aromatic nitrogens is 3. The van der Waals surface area contributed by atoms with Gasteiger partial charge < -0.3 is 15.2 Å². The smallest absolute Gasteiger partial charge is 0.339 e. The number of nitrogens with one attached hydrogen (secondary N) is 1. The van der Waals surface area contributed by atoms with Crippen LogP contribution in [0.2, 0.25) is 0 Å². The lowest BCUT2D eigenvalue weighted by atomic mass is 10.1. The molecule has 0 amide bonds. The number of aromatic amines is 1. The van der Waals surface area contributed by atoms with Crippen LogP contribution in [0.4, 0.5) is 0 Å².